The maximum atomic E-state index is 6.44. The lowest BCUT2D eigenvalue weighted by atomic mass is 9.78. The molecular weight excluding hydrogens is 390 g/mol. The lowest BCUT2D eigenvalue weighted by molar-refractivity contribution is 0.253. The van der Waals surface area contributed by atoms with E-state index in [0.29, 0.717) is 11.9 Å². The largest absolute Gasteiger partial charge is 0.324 e. The third-order valence-corrected chi connectivity index (χ3v) is 6.73. The fourth-order valence-corrected chi connectivity index (χ4v) is 4.64. The van der Waals surface area contributed by atoms with Gasteiger partial charge in [-0.15, -0.1) is 23.7 Å². The predicted molar refractivity (Wildman–Crippen MR) is 117 cm³/mol. The Morgan fingerprint density at radius 1 is 1.18 bits per heavy atom. The highest BCUT2D eigenvalue weighted by Gasteiger charge is 2.37. The minimum Gasteiger partial charge on any atom is -0.324 e. The summed E-state index contributed by atoms with van der Waals surface area (Å²) in [5, 5.41) is 4.43. The van der Waals surface area contributed by atoms with Crippen molar-refractivity contribution in [2.24, 2.45) is 5.73 Å². The minimum absolute atomic E-state index is 0. The van der Waals surface area contributed by atoms with E-state index < -0.39 is 0 Å². The summed E-state index contributed by atoms with van der Waals surface area (Å²) < 4.78 is 0. The molecule has 2 saturated carbocycles. The van der Waals surface area contributed by atoms with Gasteiger partial charge in [-0.1, -0.05) is 6.07 Å². The zero-order valence-corrected chi connectivity index (χ0v) is 17.4. The molecule has 2 aliphatic carbocycles. The molecule has 1 aromatic carbocycles. The van der Waals surface area contributed by atoms with Crippen molar-refractivity contribution < 1.29 is 0 Å². The molecule has 0 aliphatic heterocycles. The highest BCUT2D eigenvalue weighted by Crippen LogP contribution is 2.42. The van der Waals surface area contributed by atoms with Crippen LogP contribution < -0.4 is 11.1 Å². The van der Waals surface area contributed by atoms with Gasteiger partial charge >= 0.3 is 0 Å². The van der Waals surface area contributed by atoms with Crippen molar-refractivity contribution in [1.82, 2.24) is 15.0 Å². The molecule has 0 spiro atoms. The van der Waals surface area contributed by atoms with Gasteiger partial charge in [0, 0.05) is 29.7 Å². The lowest BCUT2D eigenvalue weighted by Crippen LogP contribution is -2.43. The molecule has 0 amide bonds. The molecule has 0 radical (unpaired) electrons. The summed E-state index contributed by atoms with van der Waals surface area (Å²) in [5.41, 5.74) is 10.7. The molecule has 0 bridgehead atoms. The van der Waals surface area contributed by atoms with Crippen LogP contribution >= 0.6 is 23.7 Å². The third-order valence-electron chi connectivity index (χ3n) is 5.47. The Hall–Kier alpha value is -2.02. The van der Waals surface area contributed by atoms with Crippen molar-refractivity contribution in [3.05, 3.63) is 52.9 Å². The Bertz CT molecular complexity index is 994. The predicted octanol–water partition coefficient (Wildman–Crippen LogP) is 5.29. The summed E-state index contributed by atoms with van der Waals surface area (Å²) in [7, 11) is 0. The quantitative estimate of drug-likeness (QED) is 0.594. The maximum Gasteiger partial charge on any atom is 0.227 e. The van der Waals surface area contributed by atoms with Crippen molar-refractivity contribution in [2.45, 2.75) is 50.5 Å². The number of anilines is 2. The van der Waals surface area contributed by atoms with Gasteiger partial charge < -0.3 is 11.1 Å². The average Bonchev–Trinajstić information content (AvgIpc) is 3.36. The first-order valence-electron chi connectivity index (χ1n) is 9.56. The molecule has 5 rings (SSSR count). The Kier molecular flexibility index (Phi) is 5.12. The van der Waals surface area contributed by atoms with Crippen LogP contribution in [0.4, 0.5) is 11.6 Å². The van der Waals surface area contributed by atoms with E-state index in [4.69, 9.17) is 5.73 Å². The first kappa shape index (κ1) is 19.3. The molecule has 0 unspecified atom stereocenters. The number of rotatable bonds is 5. The van der Waals surface area contributed by atoms with Gasteiger partial charge in [-0.3, -0.25) is 0 Å². The van der Waals surface area contributed by atoms with Gasteiger partial charge in [-0.25, -0.2) is 15.0 Å². The van der Waals surface area contributed by atoms with Crippen LogP contribution in [-0.4, -0.2) is 15.0 Å². The minimum atomic E-state index is -0.203. The van der Waals surface area contributed by atoms with Gasteiger partial charge in [0.2, 0.25) is 5.95 Å². The van der Waals surface area contributed by atoms with Crippen molar-refractivity contribution in [3.8, 4) is 10.4 Å². The number of thiazole rings is 1. The number of benzene rings is 1. The van der Waals surface area contributed by atoms with Crippen molar-refractivity contribution >= 4 is 35.4 Å². The second kappa shape index (κ2) is 7.43. The van der Waals surface area contributed by atoms with E-state index in [9.17, 15) is 0 Å². The van der Waals surface area contributed by atoms with Crippen LogP contribution in [-0.2, 0) is 5.54 Å². The molecule has 7 heteroatoms. The lowest BCUT2D eigenvalue weighted by Gasteiger charge is -2.35. The van der Waals surface area contributed by atoms with E-state index in [1.807, 2.05) is 18.5 Å². The van der Waals surface area contributed by atoms with Crippen molar-refractivity contribution in [2.75, 3.05) is 5.32 Å². The average molecular weight is 414 g/mol. The van der Waals surface area contributed by atoms with Gasteiger partial charge in [0.25, 0.3) is 0 Å². The van der Waals surface area contributed by atoms with Crippen molar-refractivity contribution in [1.29, 1.82) is 0 Å². The van der Waals surface area contributed by atoms with Gasteiger partial charge in [0.05, 0.1) is 10.4 Å². The van der Waals surface area contributed by atoms with Crippen LogP contribution in [0.25, 0.3) is 10.4 Å². The molecule has 0 atom stereocenters. The summed E-state index contributed by atoms with van der Waals surface area (Å²) >= 11 is 1.71. The molecule has 28 heavy (non-hydrogen) atoms. The molecule has 0 saturated heterocycles. The topological polar surface area (TPSA) is 76.7 Å². The molecular formula is C21H24ClN5S. The van der Waals surface area contributed by atoms with Gasteiger partial charge in [-0.2, -0.15) is 0 Å². The number of halogens is 1. The summed E-state index contributed by atoms with van der Waals surface area (Å²) in [6.07, 6.45) is 9.54. The Morgan fingerprint density at radius 2 is 2.00 bits per heavy atom. The molecule has 3 aromatic rings. The normalized spacial score (nSPS) is 17.5. The van der Waals surface area contributed by atoms with E-state index in [-0.39, 0.29) is 17.9 Å². The third kappa shape index (κ3) is 3.77. The number of nitrogens with one attached hydrogen (secondary N) is 1. The summed E-state index contributed by atoms with van der Waals surface area (Å²) in [6.45, 7) is 2.11. The zero-order valence-electron chi connectivity index (χ0n) is 15.8. The summed E-state index contributed by atoms with van der Waals surface area (Å²) in [5.74, 6) is 1.28. The van der Waals surface area contributed by atoms with E-state index in [2.05, 4.69) is 45.4 Å². The first-order chi connectivity index (χ1) is 13.1. The number of aryl methyl sites for hydroxylation is 1. The number of aromatic nitrogens is 3. The summed E-state index contributed by atoms with van der Waals surface area (Å²) in [6, 6.07) is 8.47. The summed E-state index contributed by atoms with van der Waals surface area (Å²) in [4.78, 5) is 14.8. The molecule has 2 fully saturated rings. The van der Waals surface area contributed by atoms with E-state index >= 15 is 0 Å². The second-order valence-corrected chi connectivity index (χ2v) is 8.86. The Balaban J connectivity index is 0.00000192. The molecule has 3 N–H and O–H groups in total. The number of nitrogens with two attached hydrogens (primary N) is 1. The van der Waals surface area contributed by atoms with Gasteiger partial charge in [-0.05, 0) is 68.4 Å². The van der Waals surface area contributed by atoms with Gasteiger partial charge in [0.15, 0.2) is 0 Å². The van der Waals surface area contributed by atoms with Crippen LogP contribution in [0.3, 0.4) is 0 Å². The maximum absolute atomic E-state index is 6.44. The fourth-order valence-electron chi connectivity index (χ4n) is 3.58. The van der Waals surface area contributed by atoms with E-state index in [0.717, 1.165) is 39.7 Å². The van der Waals surface area contributed by atoms with Crippen LogP contribution in [0.2, 0.25) is 0 Å². The monoisotopic (exact) mass is 413 g/mol. The van der Waals surface area contributed by atoms with Crippen LogP contribution in [0, 0.1) is 6.92 Å². The molecule has 2 aliphatic rings. The SMILES string of the molecule is Cc1cc(Nc2nccc(C3CC3)n2)cc(-c2cnc(C3(N)CCC3)s2)c1.Cl. The molecule has 146 valence electrons. The zero-order chi connectivity index (χ0) is 18.4. The highest BCUT2D eigenvalue weighted by atomic mass is 35.5. The van der Waals surface area contributed by atoms with E-state index in [1.165, 1.54) is 24.8 Å². The fraction of sp³-hybridized carbons (Fsp3) is 0.381. The van der Waals surface area contributed by atoms with Crippen molar-refractivity contribution in [3.63, 3.8) is 0 Å². The van der Waals surface area contributed by atoms with Crippen LogP contribution in [0.15, 0.2) is 36.7 Å². The smallest absolute Gasteiger partial charge is 0.227 e. The highest BCUT2D eigenvalue weighted by molar-refractivity contribution is 7.15. The Labute approximate surface area is 175 Å². The van der Waals surface area contributed by atoms with E-state index in [1.54, 1.807) is 11.3 Å². The molecule has 5 nitrogen and oxygen atoms in total. The molecule has 2 heterocycles. The Morgan fingerprint density at radius 3 is 2.71 bits per heavy atom. The number of hydrogen-bond acceptors (Lipinski definition) is 6. The first-order valence-corrected chi connectivity index (χ1v) is 10.4. The number of hydrogen-bond donors (Lipinski definition) is 2. The van der Waals surface area contributed by atoms with Crippen LogP contribution in [0.1, 0.15) is 54.3 Å². The van der Waals surface area contributed by atoms with Crippen LogP contribution in [0.5, 0.6) is 0 Å². The second-order valence-electron chi connectivity index (χ2n) is 7.83. The van der Waals surface area contributed by atoms with Gasteiger partial charge in [0.1, 0.15) is 5.01 Å². The molecule has 2 aromatic heterocycles. The number of nitrogens with zero attached hydrogens (tertiary/aromatic N) is 3. The standard InChI is InChI=1S/C21H23N5S.ClH/c1-13-9-15(18-12-24-19(27-18)21(22)6-2-7-21)11-16(10-13)25-20-23-8-5-17(26-20)14-3-4-14;/h5,8-12,14H,2-4,6-7,22H2,1H3,(H,23,25,26);1H.